The van der Waals surface area contributed by atoms with Gasteiger partial charge in [-0.05, 0) is 37.0 Å². The van der Waals surface area contributed by atoms with Gasteiger partial charge >= 0.3 is 5.97 Å². The van der Waals surface area contributed by atoms with Crippen LogP contribution in [0.2, 0.25) is 0 Å². The van der Waals surface area contributed by atoms with E-state index in [1.54, 1.807) is 0 Å². The van der Waals surface area contributed by atoms with Crippen LogP contribution >= 0.6 is 11.8 Å². The lowest BCUT2D eigenvalue weighted by molar-refractivity contribution is 0.0696. The van der Waals surface area contributed by atoms with Crippen molar-refractivity contribution in [3.8, 4) is 0 Å². The lowest BCUT2D eigenvalue weighted by Gasteiger charge is -2.06. The number of carboxylic acids is 1. The Morgan fingerprint density at radius 2 is 2.00 bits per heavy atom. The van der Waals surface area contributed by atoms with E-state index in [-0.39, 0.29) is 10.6 Å². The predicted octanol–water partition coefficient (Wildman–Crippen LogP) is 1.98. The van der Waals surface area contributed by atoms with Crippen LogP contribution in [0.5, 0.6) is 0 Å². The van der Waals surface area contributed by atoms with Gasteiger partial charge in [0.25, 0.3) is 10.0 Å². The number of thioether (sulfide) groups is 1. The maximum Gasteiger partial charge on any atom is 0.337 e. The van der Waals surface area contributed by atoms with Gasteiger partial charge in [-0.3, -0.25) is 0 Å². The number of sulfonamides is 1. The summed E-state index contributed by atoms with van der Waals surface area (Å²) in [6, 6.07) is 2.43. The second-order valence-corrected chi connectivity index (χ2v) is 7.19. The van der Waals surface area contributed by atoms with Gasteiger partial charge < -0.3 is 5.11 Å². The molecule has 1 aromatic rings. The van der Waals surface area contributed by atoms with Crippen LogP contribution in [-0.4, -0.2) is 43.0 Å². The predicted molar refractivity (Wildman–Crippen MR) is 83.2 cm³/mol. The van der Waals surface area contributed by atoms with Crippen LogP contribution in [0.15, 0.2) is 23.4 Å². The largest absolute Gasteiger partial charge is 0.478 e. The standard InChI is InChI=1S/C13H20N2O4S2/c1-20-9-5-3-2-4-8-15-21(18,19)12-7-6-11(10-14-12)13(16)17/h6-7,10,15H,2-5,8-9H2,1H3,(H,16,17). The molecule has 0 fully saturated rings. The van der Waals surface area contributed by atoms with Crippen LogP contribution < -0.4 is 4.72 Å². The lowest BCUT2D eigenvalue weighted by Crippen LogP contribution is -2.25. The van der Waals surface area contributed by atoms with E-state index in [1.165, 1.54) is 12.1 Å². The molecule has 0 saturated heterocycles. The lowest BCUT2D eigenvalue weighted by atomic mass is 10.2. The average Bonchev–Trinajstić information content (AvgIpc) is 2.46. The van der Waals surface area contributed by atoms with Crippen LogP contribution in [0.1, 0.15) is 36.0 Å². The Morgan fingerprint density at radius 3 is 2.57 bits per heavy atom. The summed E-state index contributed by atoms with van der Waals surface area (Å²) in [6.07, 6.45) is 7.10. The molecule has 21 heavy (non-hydrogen) atoms. The number of unbranched alkanes of at least 4 members (excludes halogenated alkanes) is 3. The molecular formula is C13H20N2O4S2. The van der Waals surface area contributed by atoms with Gasteiger partial charge in [0.2, 0.25) is 0 Å². The van der Waals surface area contributed by atoms with Gasteiger partial charge in [0.05, 0.1) is 5.56 Å². The van der Waals surface area contributed by atoms with Gasteiger partial charge in [0.15, 0.2) is 5.03 Å². The molecule has 0 aromatic carbocycles. The summed E-state index contributed by atoms with van der Waals surface area (Å²) < 4.78 is 26.3. The molecule has 0 saturated carbocycles. The molecule has 0 bridgehead atoms. The number of nitrogens with one attached hydrogen (secondary N) is 1. The van der Waals surface area contributed by atoms with Crippen molar-refractivity contribution in [3.05, 3.63) is 23.9 Å². The van der Waals surface area contributed by atoms with Gasteiger partial charge in [-0.25, -0.2) is 22.9 Å². The van der Waals surface area contributed by atoms with Crippen LogP contribution in [0.4, 0.5) is 0 Å². The fourth-order valence-corrected chi connectivity index (χ4v) is 3.16. The second kappa shape index (κ2) is 9.01. The minimum Gasteiger partial charge on any atom is -0.478 e. The van der Waals surface area contributed by atoms with E-state index >= 15 is 0 Å². The molecule has 0 unspecified atom stereocenters. The van der Waals surface area contributed by atoms with Crippen LogP contribution in [0, 0.1) is 0 Å². The minimum atomic E-state index is -3.66. The Bertz CT molecular complexity index is 544. The number of hydrogen-bond acceptors (Lipinski definition) is 5. The molecule has 1 rings (SSSR count). The fraction of sp³-hybridized carbons (Fsp3) is 0.538. The summed E-state index contributed by atoms with van der Waals surface area (Å²) in [7, 11) is -3.66. The molecule has 1 aromatic heterocycles. The minimum absolute atomic E-state index is 0.0391. The van der Waals surface area contributed by atoms with E-state index in [2.05, 4.69) is 16.0 Å². The van der Waals surface area contributed by atoms with E-state index in [0.29, 0.717) is 6.54 Å². The number of aromatic carboxylic acids is 1. The zero-order valence-corrected chi connectivity index (χ0v) is 13.5. The van der Waals surface area contributed by atoms with Crippen molar-refractivity contribution in [2.75, 3.05) is 18.6 Å². The molecule has 2 N–H and O–H groups in total. The second-order valence-electron chi connectivity index (χ2n) is 4.50. The van der Waals surface area contributed by atoms with Gasteiger partial charge in [-0.1, -0.05) is 12.8 Å². The number of nitrogens with zero attached hydrogens (tertiary/aromatic N) is 1. The molecule has 6 nitrogen and oxygen atoms in total. The third-order valence-electron chi connectivity index (χ3n) is 2.83. The first-order valence-electron chi connectivity index (χ1n) is 6.65. The Kier molecular flexibility index (Phi) is 7.69. The van der Waals surface area contributed by atoms with Gasteiger partial charge in [-0.2, -0.15) is 11.8 Å². The Balaban J connectivity index is 2.41. The first kappa shape index (κ1) is 17.9. The first-order valence-corrected chi connectivity index (χ1v) is 9.53. The summed E-state index contributed by atoms with van der Waals surface area (Å²) >= 11 is 1.81. The normalized spacial score (nSPS) is 11.5. The number of rotatable bonds is 10. The van der Waals surface area contributed by atoms with Crippen molar-refractivity contribution in [2.45, 2.75) is 30.7 Å². The number of hydrogen-bond donors (Lipinski definition) is 2. The molecular weight excluding hydrogens is 312 g/mol. The highest BCUT2D eigenvalue weighted by Gasteiger charge is 2.15. The zero-order valence-electron chi connectivity index (χ0n) is 11.9. The molecule has 1 heterocycles. The van der Waals surface area contributed by atoms with E-state index in [0.717, 1.165) is 37.6 Å². The SMILES string of the molecule is CSCCCCCCNS(=O)(=O)c1ccc(C(=O)O)cn1. The molecule has 0 aliphatic carbocycles. The van der Waals surface area contributed by atoms with Crippen molar-refractivity contribution < 1.29 is 18.3 Å². The highest BCUT2D eigenvalue weighted by molar-refractivity contribution is 7.98. The van der Waals surface area contributed by atoms with Crippen molar-refractivity contribution in [3.63, 3.8) is 0 Å². The van der Waals surface area contributed by atoms with Gasteiger partial charge in [0.1, 0.15) is 0 Å². The van der Waals surface area contributed by atoms with Gasteiger partial charge in [-0.15, -0.1) is 0 Å². The number of carbonyl (C=O) groups is 1. The summed E-state index contributed by atoms with van der Waals surface area (Å²) in [5, 5.41) is 8.58. The van der Waals surface area contributed by atoms with Crippen LogP contribution in [0.3, 0.4) is 0 Å². The highest BCUT2D eigenvalue weighted by Crippen LogP contribution is 2.08. The Morgan fingerprint density at radius 1 is 1.29 bits per heavy atom. The third-order valence-corrected chi connectivity index (χ3v) is 4.90. The number of pyridine rings is 1. The average molecular weight is 332 g/mol. The quantitative estimate of drug-likeness (QED) is 0.636. The smallest absolute Gasteiger partial charge is 0.337 e. The molecule has 0 aliphatic heterocycles. The highest BCUT2D eigenvalue weighted by atomic mass is 32.2. The molecule has 0 atom stereocenters. The third kappa shape index (κ3) is 6.45. The van der Waals surface area contributed by atoms with E-state index in [4.69, 9.17) is 5.11 Å². The van der Waals surface area contributed by atoms with E-state index in [9.17, 15) is 13.2 Å². The number of aromatic nitrogens is 1. The fourth-order valence-electron chi connectivity index (χ4n) is 1.67. The van der Waals surface area contributed by atoms with E-state index in [1.807, 2.05) is 11.8 Å². The molecule has 0 aliphatic rings. The molecule has 0 radical (unpaired) electrons. The molecule has 8 heteroatoms. The monoisotopic (exact) mass is 332 g/mol. The first-order chi connectivity index (χ1) is 9.97. The van der Waals surface area contributed by atoms with Crippen molar-refractivity contribution in [2.24, 2.45) is 0 Å². The Labute approximate surface area is 129 Å². The maximum atomic E-state index is 11.9. The Hall–Kier alpha value is -1.12. The molecule has 0 spiro atoms. The van der Waals surface area contributed by atoms with Crippen LogP contribution in [0.25, 0.3) is 0 Å². The molecule has 118 valence electrons. The summed E-state index contributed by atoms with van der Waals surface area (Å²) in [6.45, 7) is 0.365. The van der Waals surface area contributed by atoms with Crippen LogP contribution in [-0.2, 0) is 10.0 Å². The zero-order chi connectivity index (χ0) is 15.7. The maximum absolute atomic E-state index is 11.9. The molecule has 0 amide bonds. The van der Waals surface area contributed by atoms with Gasteiger partial charge in [0, 0.05) is 12.7 Å². The summed E-state index contributed by atoms with van der Waals surface area (Å²) in [4.78, 5) is 14.4. The van der Waals surface area contributed by atoms with Crippen molar-refractivity contribution in [1.82, 2.24) is 9.71 Å². The summed E-state index contributed by atoms with van der Waals surface area (Å²) in [5.41, 5.74) is -0.0391. The topological polar surface area (TPSA) is 96.4 Å². The van der Waals surface area contributed by atoms with Crippen molar-refractivity contribution in [1.29, 1.82) is 0 Å². The van der Waals surface area contributed by atoms with E-state index < -0.39 is 16.0 Å². The van der Waals surface area contributed by atoms with Crippen molar-refractivity contribution >= 4 is 27.8 Å². The summed E-state index contributed by atoms with van der Waals surface area (Å²) in [5.74, 6) is -0.00405. The number of carboxylic acid groups (broad SMARTS) is 1.